The van der Waals surface area contributed by atoms with Crippen molar-refractivity contribution in [2.24, 2.45) is 5.92 Å². The van der Waals surface area contributed by atoms with Crippen LogP contribution in [0.15, 0.2) is 0 Å². The summed E-state index contributed by atoms with van der Waals surface area (Å²) in [6.07, 6.45) is 6.31. The Labute approximate surface area is 93.8 Å². The van der Waals surface area contributed by atoms with Gasteiger partial charge in [-0.2, -0.15) is 0 Å². The zero-order chi connectivity index (χ0) is 10.9. The van der Waals surface area contributed by atoms with Crippen molar-refractivity contribution in [1.82, 2.24) is 5.32 Å². The van der Waals surface area contributed by atoms with Crippen LogP contribution in [0.4, 0.5) is 0 Å². The average Bonchev–Trinajstić information content (AvgIpc) is 2.61. The molecular formula is C13H25NO. The van der Waals surface area contributed by atoms with E-state index in [2.05, 4.69) is 26.1 Å². The first-order chi connectivity index (χ1) is 7.11. The summed E-state index contributed by atoms with van der Waals surface area (Å²) >= 11 is 0. The second kappa shape index (κ2) is 4.06. The minimum absolute atomic E-state index is 0.0703. The minimum atomic E-state index is 0.0703. The second-order valence-electron chi connectivity index (χ2n) is 5.71. The normalized spacial score (nSPS) is 46.2. The monoisotopic (exact) mass is 211 g/mol. The Kier molecular flexibility index (Phi) is 3.09. The van der Waals surface area contributed by atoms with Crippen molar-refractivity contribution >= 4 is 0 Å². The first-order valence-electron chi connectivity index (χ1n) is 6.52. The van der Waals surface area contributed by atoms with Crippen molar-refractivity contribution in [3.05, 3.63) is 0 Å². The van der Waals surface area contributed by atoms with Gasteiger partial charge >= 0.3 is 0 Å². The number of hydrogen-bond donors (Lipinski definition) is 1. The van der Waals surface area contributed by atoms with Crippen molar-refractivity contribution in [1.29, 1.82) is 0 Å². The van der Waals surface area contributed by atoms with Crippen LogP contribution in [0.25, 0.3) is 0 Å². The highest BCUT2D eigenvalue weighted by atomic mass is 16.5. The molecule has 1 N–H and O–H groups in total. The van der Waals surface area contributed by atoms with Crippen LogP contribution in [0.1, 0.15) is 52.9 Å². The molecule has 1 spiro atoms. The molecule has 0 aromatic carbocycles. The molecule has 15 heavy (non-hydrogen) atoms. The van der Waals surface area contributed by atoms with Crippen molar-refractivity contribution in [2.75, 3.05) is 13.1 Å². The van der Waals surface area contributed by atoms with Crippen molar-refractivity contribution in [3.8, 4) is 0 Å². The lowest BCUT2D eigenvalue weighted by molar-refractivity contribution is -0.169. The largest absolute Gasteiger partial charge is 0.366 e. The third-order valence-corrected chi connectivity index (χ3v) is 4.40. The Balaban J connectivity index is 2.03. The van der Waals surface area contributed by atoms with E-state index in [1.54, 1.807) is 0 Å². The Morgan fingerprint density at radius 3 is 2.73 bits per heavy atom. The maximum absolute atomic E-state index is 6.44. The highest BCUT2D eigenvalue weighted by Crippen LogP contribution is 2.43. The van der Waals surface area contributed by atoms with Gasteiger partial charge in [-0.3, -0.25) is 0 Å². The highest BCUT2D eigenvalue weighted by Gasteiger charge is 2.46. The maximum Gasteiger partial charge on any atom is 0.0817 e. The van der Waals surface area contributed by atoms with Crippen molar-refractivity contribution in [3.63, 3.8) is 0 Å². The molecular weight excluding hydrogens is 186 g/mol. The lowest BCUT2D eigenvalue weighted by Crippen LogP contribution is -2.58. The van der Waals surface area contributed by atoms with Gasteiger partial charge in [0.2, 0.25) is 0 Å². The van der Waals surface area contributed by atoms with Gasteiger partial charge in [0.1, 0.15) is 0 Å². The van der Waals surface area contributed by atoms with Gasteiger partial charge in [-0.05, 0) is 38.5 Å². The Hall–Kier alpha value is -0.0800. The second-order valence-corrected chi connectivity index (χ2v) is 5.71. The summed E-state index contributed by atoms with van der Waals surface area (Å²) in [4.78, 5) is 0. The molecule has 1 saturated carbocycles. The molecule has 0 aromatic rings. The maximum atomic E-state index is 6.44. The van der Waals surface area contributed by atoms with E-state index in [-0.39, 0.29) is 11.2 Å². The van der Waals surface area contributed by atoms with Crippen LogP contribution in [0.2, 0.25) is 0 Å². The van der Waals surface area contributed by atoms with Crippen molar-refractivity contribution < 1.29 is 4.74 Å². The van der Waals surface area contributed by atoms with Gasteiger partial charge < -0.3 is 10.1 Å². The van der Waals surface area contributed by atoms with Crippen LogP contribution < -0.4 is 5.32 Å². The van der Waals surface area contributed by atoms with Crippen LogP contribution in [-0.4, -0.2) is 24.3 Å². The molecule has 0 amide bonds. The smallest absolute Gasteiger partial charge is 0.0817 e. The topological polar surface area (TPSA) is 21.3 Å². The summed E-state index contributed by atoms with van der Waals surface area (Å²) in [6, 6.07) is 0. The summed E-state index contributed by atoms with van der Waals surface area (Å²) < 4.78 is 6.44. The molecule has 0 bridgehead atoms. The Morgan fingerprint density at radius 2 is 2.13 bits per heavy atom. The lowest BCUT2D eigenvalue weighted by atomic mass is 9.92. The quantitative estimate of drug-likeness (QED) is 0.758. The molecule has 1 aliphatic carbocycles. The van der Waals surface area contributed by atoms with Crippen LogP contribution in [0.3, 0.4) is 0 Å². The molecule has 88 valence electrons. The predicted octanol–water partition coefficient (Wildman–Crippen LogP) is 2.72. The fraction of sp³-hybridized carbons (Fsp3) is 1.00. The molecule has 2 aliphatic rings. The molecule has 2 heteroatoms. The van der Waals surface area contributed by atoms with Gasteiger partial charge in [0.05, 0.1) is 11.2 Å². The van der Waals surface area contributed by atoms with Gasteiger partial charge in [-0.1, -0.05) is 20.3 Å². The van der Waals surface area contributed by atoms with Gasteiger partial charge in [-0.15, -0.1) is 0 Å². The molecule has 1 aliphatic heterocycles. The molecule has 2 rings (SSSR count). The summed E-state index contributed by atoms with van der Waals surface area (Å²) in [5.74, 6) is 0.894. The number of hydrogen-bond acceptors (Lipinski definition) is 2. The van der Waals surface area contributed by atoms with E-state index in [0.29, 0.717) is 0 Å². The van der Waals surface area contributed by atoms with Gasteiger partial charge in [-0.25, -0.2) is 0 Å². The third kappa shape index (κ3) is 2.21. The van der Waals surface area contributed by atoms with Crippen LogP contribution in [0, 0.1) is 5.92 Å². The third-order valence-electron chi connectivity index (χ3n) is 4.40. The first-order valence-corrected chi connectivity index (χ1v) is 6.52. The van der Waals surface area contributed by atoms with Gasteiger partial charge in [0.15, 0.2) is 0 Å². The summed E-state index contributed by atoms with van der Waals surface area (Å²) in [6.45, 7) is 8.87. The molecule has 1 heterocycles. The highest BCUT2D eigenvalue weighted by molar-refractivity contribution is 4.99. The van der Waals surface area contributed by atoms with E-state index in [0.717, 1.165) is 25.4 Å². The zero-order valence-corrected chi connectivity index (χ0v) is 10.4. The van der Waals surface area contributed by atoms with E-state index in [1.807, 2.05) is 0 Å². The Bertz CT molecular complexity index is 231. The van der Waals surface area contributed by atoms with Crippen LogP contribution in [0.5, 0.6) is 0 Å². The van der Waals surface area contributed by atoms with Crippen LogP contribution in [-0.2, 0) is 4.74 Å². The molecule has 3 unspecified atom stereocenters. The lowest BCUT2D eigenvalue weighted by Gasteiger charge is -2.45. The standard InChI is InChI=1S/C13H25NO/c1-4-11-6-7-13(8-11)10-14-9-12(3,5-2)15-13/h11,14H,4-10H2,1-3H3. The Morgan fingerprint density at radius 1 is 1.33 bits per heavy atom. The van der Waals surface area contributed by atoms with E-state index >= 15 is 0 Å². The van der Waals surface area contributed by atoms with Crippen molar-refractivity contribution in [2.45, 2.75) is 64.1 Å². The number of rotatable bonds is 2. The first kappa shape index (κ1) is 11.4. The van der Waals surface area contributed by atoms with Gasteiger partial charge in [0.25, 0.3) is 0 Å². The zero-order valence-electron chi connectivity index (χ0n) is 10.4. The fourth-order valence-corrected chi connectivity index (χ4v) is 3.15. The van der Waals surface area contributed by atoms with Crippen LogP contribution >= 0.6 is 0 Å². The SMILES string of the molecule is CCC1CCC2(CNCC(C)(CC)O2)C1. The number of ether oxygens (including phenoxy) is 1. The average molecular weight is 211 g/mol. The minimum Gasteiger partial charge on any atom is -0.366 e. The van der Waals surface area contributed by atoms with Gasteiger partial charge in [0, 0.05) is 13.1 Å². The molecule has 0 aromatic heterocycles. The fourth-order valence-electron chi connectivity index (χ4n) is 3.15. The summed E-state index contributed by atoms with van der Waals surface area (Å²) in [5, 5.41) is 3.58. The van der Waals surface area contributed by atoms with E-state index in [1.165, 1.54) is 25.7 Å². The molecule has 3 atom stereocenters. The molecule has 2 fully saturated rings. The van der Waals surface area contributed by atoms with E-state index < -0.39 is 0 Å². The number of morpholine rings is 1. The molecule has 2 nitrogen and oxygen atoms in total. The summed E-state index contributed by atoms with van der Waals surface area (Å²) in [7, 11) is 0. The van der Waals surface area contributed by atoms with E-state index in [9.17, 15) is 0 Å². The predicted molar refractivity (Wildman–Crippen MR) is 63.0 cm³/mol. The van der Waals surface area contributed by atoms with E-state index in [4.69, 9.17) is 4.74 Å². The molecule has 1 saturated heterocycles. The number of nitrogens with one attached hydrogen (secondary N) is 1. The summed E-state index contributed by atoms with van der Waals surface area (Å²) in [5.41, 5.74) is 0.241. The molecule has 0 radical (unpaired) electrons.